The first-order chi connectivity index (χ1) is 8.58. The Bertz CT molecular complexity index is 520. The molecule has 0 spiro atoms. The smallest absolute Gasteiger partial charge is 0.0671 e. The summed E-state index contributed by atoms with van der Waals surface area (Å²) in [7, 11) is 1.97. The van der Waals surface area contributed by atoms with E-state index in [1.165, 1.54) is 28.1 Å². The zero-order valence-corrected chi connectivity index (χ0v) is 11.6. The molecule has 1 N–H and O–H groups in total. The van der Waals surface area contributed by atoms with Crippen LogP contribution in [0.5, 0.6) is 0 Å². The second-order valence-corrected chi connectivity index (χ2v) is 4.86. The predicted octanol–water partition coefficient (Wildman–Crippen LogP) is 3.21. The topological polar surface area (TPSA) is 29.9 Å². The third-order valence-corrected chi connectivity index (χ3v) is 3.03. The highest BCUT2D eigenvalue weighted by Gasteiger charge is 2.05. The van der Waals surface area contributed by atoms with Crippen LogP contribution in [0.1, 0.15) is 29.3 Å². The van der Waals surface area contributed by atoms with Crippen LogP contribution in [0.3, 0.4) is 0 Å². The van der Waals surface area contributed by atoms with Crippen molar-refractivity contribution >= 4 is 5.69 Å². The Morgan fingerprint density at radius 2 is 1.83 bits per heavy atom. The van der Waals surface area contributed by atoms with Gasteiger partial charge in [-0.15, -0.1) is 0 Å². The number of hydrogen-bond donors (Lipinski definition) is 1. The molecule has 0 fully saturated rings. The molecule has 1 aromatic carbocycles. The Morgan fingerprint density at radius 1 is 1.17 bits per heavy atom. The van der Waals surface area contributed by atoms with Crippen LogP contribution in [-0.2, 0) is 20.0 Å². The van der Waals surface area contributed by atoms with Crippen LogP contribution in [-0.4, -0.2) is 9.78 Å². The van der Waals surface area contributed by atoms with Crippen molar-refractivity contribution in [3.8, 4) is 0 Å². The SMILES string of the molecule is CCc1nn(C)cc1CNc1cc(C)cc(C)c1. The molecule has 0 aliphatic carbocycles. The van der Waals surface area contributed by atoms with Gasteiger partial charge in [-0.1, -0.05) is 13.0 Å². The summed E-state index contributed by atoms with van der Waals surface area (Å²) < 4.78 is 1.89. The Morgan fingerprint density at radius 3 is 2.44 bits per heavy atom. The Kier molecular flexibility index (Phi) is 3.70. The summed E-state index contributed by atoms with van der Waals surface area (Å²) >= 11 is 0. The van der Waals surface area contributed by atoms with E-state index in [9.17, 15) is 0 Å². The van der Waals surface area contributed by atoms with Crippen molar-refractivity contribution in [3.05, 3.63) is 46.8 Å². The lowest BCUT2D eigenvalue weighted by Crippen LogP contribution is -2.01. The van der Waals surface area contributed by atoms with Crippen LogP contribution in [0.25, 0.3) is 0 Å². The maximum Gasteiger partial charge on any atom is 0.0671 e. The van der Waals surface area contributed by atoms with Gasteiger partial charge in [0.05, 0.1) is 5.69 Å². The quantitative estimate of drug-likeness (QED) is 0.893. The number of nitrogens with one attached hydrogen (secondary N) is 1. The second kappa shape index (κ2) is 5.25. The van der Waals surface area contributed by atoms with Gasteiger partial charge in [0.25, 0.3) is 0 Å². The average molecular weight is 243 g/mol. The first kappa shape index (κ1) is 12.7. The van der Waals surface area contributed by atoms with Gasteiger partial charge in [-0.3, -0.25) is 4.68 Å². The third-order valence-electron chi connectivity index (χ3n) is 3.03. The standard InChI is InChI=1S/C15H21N3/c1-5-15-13(10-18(4)17-15)9-16-14-7-11(2)6-12(3)8-14/h6-8,10,16H,5,9H2,1-4H3. The zero-order valence-electron chi connectivity index (χ0n) is 11.6. The normalized spacial score (nSPS) is 10.7. The molecular formula is C15H21N3. The molecule has 0 radical (unpaired) electrons. The molecule has 3 heteroatoms. The lowest BCUT2D eigenvalue weighted by molar-refractivity contribution is 0.746. The molecule has 0 saturated heterocycles. The van der Waals surface area contributed by atoms with Gasteiger partial charge in [-0.05, 0) is 43.5 Å². The first-order valence-corrected chi connectivity index (χ1v) is 6.42. The molecule has 0 bridgehead atoms. The fourth-order valence-electron chi connectivity index (χ4n) is 2.30. The van der Waals surface area contributed by atoms with Crippen molar-refractivity contribution in [1.29, 1.82) is 0 Å². The number of anilines is 1. The van der Waals surface area contributed by atoms with Gasteiger partial charge >= 0.3 is 0 Å². The maximum absolute atomic E-state index is 4.45. The van der Waals surface area contributed by atoms with Crippen molar-refractivity contribution in [2.45, 2.75) is 33.7 Å². The number of aryl methyl sites for hydroxylation is 4. The van der Waals surface area contributed by atoms with E-state index in [0.29, 0.717) is 0 Å². The Hall–Kier alpha value is -1.77. The van der Waals surface area contributed by atoms with Gasteiger partial charge in [0.15, 0.2) is 0 Å². The number of nitrogens with zero attached hydrogens (tertiary/aromatic N) is 2. The summed E-state index contributed by atoms with van der Waals surface area (Å²) in [6.45, 7) is 7.22. The molecule has 2 aromatic rings. The van der Waals surface area contributed by atoms with E-state index in [1.807, 2.05) is 11.7 Å². The highest BCUT2D eigenvalue weighted by atomic mass is 15.3. The number of benzene rings is 1. The van der Waals surface area contributed by atoms with Gasteiger partial charge in [-0.2, -0.15) is 5.10 Å². The van der Waals surface area contributed by atoms with Gasteiger partial charge < -0.3 is 5.32 Å². The van der Waals surface area contributed by atoms with E-state index in [4.69, 9.17) is 0 Å². The van der Waals surface area contributed by atoms with Crippen LogP contribution < -0.4 is 5.32 Å². The van der Waals surface area contributed by atoms with E-state index >= 15 is 0 Å². The van der Waals surface area contributed by atoms with E-state index in [-0.39, 0.29) is 0 Å². The van der Waals surface area contributed by atoms with E-state index < -0.39 is 0 Å². The van der Waals surface area contributed by atoms with Crippen molar-refractivity contribution < 1.29 is 0 Å². The van der Waals surface area contributed by atoms with Crippen LogP contribution in [0.2, 0.25) is 0 Å². The average Bonchev–Trinajstić information content (AvgIpc) is 2.66. The largest absolute Gasteiger partial charge is 0.381 e. The van der Waals surface area contributed by atoms with Gasteiger partial charge in [0, 0.05) is 31.0 Å². The number of rotatable bonds is 4. The van der Waals surface area contributed by atoms with Crippen molar-refractivity contribution in [2.75, 3.05) is 5.32 Å². The van der Waals surface area contributed by atoms with E-state index in [1.54, 1.807) is 0 Å². The minimum absolute atomic E-state index is 0.833. The molecule has 0 saturated carbocycles. The summed E-state index contributed by atoms with van der Waals surface area (Å²) in [5.41, 5.74) is 6.21. The van der Waals surface area contributed by atoms with E-state index in [2.05, 4.69) is 55.6 Å². The second-order valence-electron chi connectivity index (χ2n) is 4.86. The minimum atomic E-state index is 0.833. The number of hydrogen-bond acceptors (Lipinski definition) is 2. The lowest BCUT2D eigenvalue weighted by atomic mass is 10.1. The first-order valence-electron chi connectivity index (χ1n) is 6.42. The molecule has 96 valence electrons. The molecule has 0 amide bonds. The fourth-order valence-corrected chi connectivity index (χ4v) is 2.30. The van der Waals surface area contributed by atoms with Crippen molar-refractivity contribution in [3.63, 3.8) is 0 Å². The van der Waals surface area contributed by atoms with Crippen LogP contribution in [0.4, 0.5) is 5.69 Å². The molecule has 0 unspecified atom stereocenters. The summed E-state index contributed by atoms with van der Waals surface area (Å²) in [5.74, 6) is 0. The van der Waals surface area contributed by atoms with Crippen molar-refractivity contribution in [2.24, 2.45) is 7.05 Å². The molecule has 0 aliphatic heterocycles. The summed E-state index contributed by atoms with van der Waals surface area (Å²) in [6.07, 6.45) is 3.07. The molecule has 0 aliphatic rings. The third kappa shape index (κ3) is 2.92. The fraction of sp³-hybridized carbons (Fsp3) is 0.400. The number of aromatic nitrogens is 2. The molecule has 0 atom stereocenters. The van der Waals surface area contributed by atoms with Crippen LogP contribution >= 0.6 is 0 Å². The van der Waals surface area contributed by atoms with Crippen LogP contribution in [0, 0.1) is 13.8 Å². The molecular weight excluding hydrogens is 222 g/mol. The van der Waals surface area contributed by atoms with E-state index in [0.717, 1.165) is 13.0 Å². The summed E-state index contributed by atoms with van der Waals surface area (Å²) in [6, 6.07) is 6.54. The lowest BCUT2D eigenvalue weighted by Gasteiger charge is -2.08. The highest BCUT2D eigenvalue weighted by molar-refractivity contribution is 5.48. The Balaban J connectivity index is 2.11. The predicted molar refractivity (Wildman–Crippen MR) is 75.8 cm³/mol. The van der Waals surface area contributed by atoms with Crippen LogP contribution in [0.15, 0.2) is 24.4 Å². The Labute approximate surface area is 109 Å². The molecule has 3 nitrogen and oxygen atoms in total. The summed E-state index contributed by atoms with van der Waals surface area (Å²) in [4.78, 5) is 0. The van der Waals surface area contributed by atoms with Gasteiger partial charge in [0.1, 0.15) is 0 Å². The monoisotopic (exact) mass is 243 g/mol. The molecule has 1 heterocycles. The van der Waals surface area contributed by atoms with Gasteiger partial charge in [0.2, 0.25) is 0 Å². The minimum Gasteiger partial charge on any atom is -0.381 e. The zero-order chi connectivity index (χ0) is 13.1. The maximum atomic E-state index is 4.45. The highest BCUT2D eigenvalue weighted by Crippen LogP contribution is 2.16. The summed E-state index contributed by atoms with van der Waals surface area (Å²) in [5, 5.41) is 7.93. The van der Waals surface area contributed by atoms with Crippen molar-refractivity contribution in [1.82, 2.24) is 9.78 Å². The molecule has 18 heavy (non-hydrogen) atoms. The molecule has 2 rings (SSSR count). The molecule has 1 aromatic heterocycles. The van der Waals surface area contributed by atoms with Gasteiger partial charge in [-0.25, -0.2) is 0 Å².